The van der Waals surface area contributed by atoms with Crippen molar-refractivity contribution in [3.8, 4) is 0 Å². The van der Waals surface area contributed by atoms with E-state index in [0.29, 0.717) is 6.07 Å². The van der Waals surface area contributed by atoms with E-state index < -0.39 is 23.5 Å². The van der Waals surface area contributed by atoms with E-state index >= 15 is 0 Å². The standard InChI is InChI=1S/C12H15ClF2N2O/c1-6(2)8(5-16)12(18)17-11-9(13)3-7(14)4-10(11)15/h3-4,6,8H,5,16H2,1-2H3,(H,17,18). The Morgan fingerprint density at radius 2 is 2.06 bits per heavy atom. The SMILES string of the molecule is CC(C)C(CN)C(=O)Nc1c(F)cc(F)cc1Cl. The number of nitrogens with two attached hydrogens (primary N) is 1. The van der Waals surface area contributed by atoms with E-state index in [9.17, 15) is 13.6 Å². The number of anilines is 1. The van der Waals surface area contributed by atoms with Gasteiger partial charge in [0.05, 0.1) is 16.6 Å². The molecule has 100 valence electrons. The van der Waals surface area contributed by atoms with Crippen LogP contribution in [0.25, 0.3) is 0 Å². The van der Waals surface area contributed by atoms with Crippen molar-refractivity contribution in [1.29, 1.82) is 0 Å². The average Bonchev–Trinajstić information content (AvgIpc) is 2.23. The first-order chi connectivity index (χ1) is 8.36. The molecule has 1 aromatic rings. The smallest absolute Gasteiger partial charge is 0.229 e. The van der Waals surface area contributed by atoms with E-state index in [2.05, 4.69) is 5.32 Å². The minimum absolute atomic E-state index is 0.0114. The molecule has 0 saturated heterocycles. The Morgan fingerprint density at radius 1 is 1.44 bits per heavy atom. The third-order valence-corrected chi connectivity index (χ3v) is 2.95. The third-order valence-electron chi connectivity index (χ3n) is 2.65. The number of carbonyl (C=O) groups excluding carboxylic acids is 1. The monoisotopic (exact) mass is 276 g/mol. The molecule has 0 aromatic heterocycles. The first-order valence-corrected chi connectivity index (χ1v) is 5.90. The van der Waals surface area contributed by atoms with Gasteiger partial charge in [0.1, 0.15) is 5.82 Å². The van der Waals surface area contributed by atoms with Crippen LogP contribution in [0.4, 0.5) is 14.5 Å². The van der Waals surface area contributed by atoms with Crippen molar-refractivity contribution < 1.29 is 13.6 Å². The van der Waals surface area contributed by atoms with E-state index in [1.165, 1.54) is 0 Å². The second kappa shape index (κ2) is 6.11. The molecule has 0 aliphatic heterocycles. The van der Waals surface area contributed by atoms with E-state index in [0.717, 1.165) is 6.07 Å². The molecule has 0 aliphatic rings. The van der Waals surface area contributed by atoms with Crippen LogP contribution in [0.1, 0.15) is 13.8 Å². The molecule has 1 aromatic carbocycles. The topological polar surface area (TPSA) is 55.1 Å². The van der Waals surface area contributed by atoms with Crippen molar-refractivity contribution in [2.75, 3.05) is 11.9 Å². The van der Waals surface area contributed by atoms with Crippen LogP contribution in [-0.2, 0) is 4.79 Å². The summed E-state index contributed by atoms with van der Waals surface area (Å²) in [6, 6.07) is 1.60. The summed E-state index contributed by atoms with van der Waals surface area (Å²) in [4.78, 5) is 11.9. The van der Waals surface area contributed by atoms with Gasteiger partial charge >= 0.3 is 0 Å². The molecule has 0 bridgehead atoms. The molecule has 1 amide bonds. The second-order valence-electron chi connectivity index (χ2n) is 4.32. The number of benzene rings is 1. The fraction of sp³-hybridized carbons (Fsp3) is 0.417. The Kier molecular flexibility index (Phi) is 5.04. The molecule has 3 N–H and O–H groups in total. The number of carbonyl (C=O) groups is 1. The number of amides is 1. The minimum atomic E-state index is -0.909. The number of hydrogen-bond acceptors (Lipinski definition) is 2. The van der Waals surface area contributed by atoms with Gasteiger partial charge in [-0.15, -0.1) is 0 Å². The van der Waals surface area contributed by atoms with Crippen LogP contribution < -0.4 is 11.1 Å². The lowest BCUT2D eigenvalue weighted by atomic mass is 9.95. The predicted octanol–water partition coefficient (Wildman–Crippen LogP) is 2.79. The summed E-state index contributed by atoms with van der Waals surface area (Å²) in [6.45, 7) is 3.81. The van der Waals surface area contributed by atoms with Crippen molar-refractivity contribution in [2.24, 2.45) is 17.6 Å². The van der Waals surface area contributed by atoms with Gasteiger partial charge in [-0.3, -0.25) is 4.79 Å². The summed E-state index contributed by atoms with van der Waals surface area (Å²) < 4.78 is 26.3. The maximum absolute atomic E-state index is 13.5. The van der Waals surface area contributed by atoms with Gasteiger partial charge in [-0.25, -0.2) is 8.78 Å². The molecule has 1 rings (SSSR count). The first kappa shape index (κ1) is 14.9. The van der Waals surface area contributed by atoms with Crippen molar-refractivity contribution in [2.45, 2.75) is 13.8 Å². The lowest BCUT2D eigenvalue weighted by Crippen LogP contribution is -2.33. The molecule has 3 nitrogen and oxygen atoms in total. The fourth-order valence-electron chi connectivity index (χ4n) is 1.56. The highest BCUT2D eigenvalue weighted by Crippen LogP contribution is 2.27. The van der Waals surface area contributed by atoms with Gasteiger partial charge in [0.2, 0.25) is 5.91 Å². The van der Waals surface area contributed by atoms with Crippen LogP contribution in [-0.4, -0.2) is 12.5 Å². The van der Waals surface area contributed by atoms with Gasteiger partial charge in [-0.05, 0) is 12.0 Å². The maximum atomic E-state index is 13.5. The highest BCUT2D eigenvalue weighted by molar-refractivity contribution is 6.33. The highest BCUT2D eigenvalue weighted by atomic mass is 35.5. The molecule has 6 heteroatoms. The molecule has 18 heavy (non-hydrogen) atoms. The van der Waals surface area contributed by atoms with Gasteiger partial charge in [0.15, 0.2) is 5.82 Å². The molecular weight excluding hydrogens is 262 g/mol. The zero-order valence-corrected chi connectivity index (χ0v) is 10.9. The first-order valence-electron chi connectivity index (χ1n) is 5.52. The number of hydrogen-bond donors (Lipinski definition) is 2. The summed E-state index contributed by atoms with van der Waals surface area (Å²) in [7, 11) is 0. The zero-order valence-electron chi connectivity index (χ0n) is 10.1. The van der Waals surface area contributed by atoms with Crippen molar-refractivity contribution in [3.05, 3.63) is 28.8 Å². The molecule has 1 atom stereocenters. The fourth-order valence-corrected chi connectivity index (χ4v) is 1.80. The Hall–Kier alpha value is -1.20. The predicted molar refractivity (Wildman–Crippen MR) is 67.4 cm³/mol. The Bertz CT molecular complexity index is 429. The van der Waals surface area contributed by atoms with E-state index in [1.54, 1.807) is 0 Å². The van der Waals surface area contributed by atoms with Crippen LogP contribution >= 0.6 is 11.6 Å². The van der Waals surface area contributed by atoms with Crippen molar-refractivity contribution in [1.82, 2.24) is 0 Å². The number of nitrogens with one attached hydrogen (secondary N) is 1. The zero-order chi connectivity index (χ0) is 13.9. The highest BCUT2D eigenvalue weighted by Gasteiger charge is 2.22. The van der Waals surface area contributed by atoms with Crippen LogP contribution in [0.5, 0.6) is 0 Å². The Balaban J connectivity index is 2.95. The largest absolute Gasteiger partial charge is 0.330 e. The normalized spacial score (nSPS) is 12.6. The summed E-state index contributed by atoms with van der Waals surface area (Å²) in [5.41, 5.74) is 5.26. The molecule has 0 aliphatic carbocycles. The third kappa shape index (κ3) is 3.40. The molecule has 0 heterocycles. The molecule has 0 saturated carbocycles. The Labute approximate surface area is 109 Å². The van der Waals surface area contributed by atoms with E-state index in [4.69, 9.17) is 17.3 Å². The Morgan fingerprint density at radius 3 is 2.50 bits per heavy atom. The van der Waals surface area contributed by atoms with Crippen molar-refractivity contribution in [3.63, 3.8) is 0 Å². The van der Waals surface area contributed by atoms with Gasteiger partial charge in [0, 0.05) is 12.6 Å². The van der Waals surface area contributed by atoms with Crippen LogP contribution in [0.3, 0.4) is 0 Å². The van der Waals surface area contributed by atoms with E-state index in [1.807, 2.05) is 13.8 Å². The lowest BCUT2D eigenvalue weighted by molar-refractivity contribution is -0.120. The van der Waals surface area contributed by atoms with Gasteiger partial charge in [0.25, 0.3) is 0 Å². The second-order valence-corrected chi connectivity index (χ2v) is 4.73. The summed E-state index contributed by atoms with van der Waals surface area (Å²) in [5, 5.41) is 2.17. The van der Waals surface area contributed by atoms with Gasteiger partial charge < -0.3 is 11.1 Å². The summed E-state index contributed by atoms with van der Waals surface area (Å²) >= 11 is 5.68. The number of rotatable bonds is 4. The maximum Gasteiger partial charge on any atom is 0.229 e. The average molecular weight is 277 g/mol. The summed E-state index contributed by atoms with van der Waals surface area (Å²) in [6.07, 6.45) is 0. The molecular formula is C12H15ClF2N2O. The quantitative estimate of drug-likeness (QED) is 0.888. The number of halogens is 3. The van der Waals surface area contributed by atoms with E-state index in [-0.39, 0.29) is 23.2 Å². The minimum Gasteiger partial charge on any atom is -0.330 e. The van der Waals surface area contributed by atoms with Crippen LogP contribution in [0.2, 0.25) is 5.02 Å². The molecule has 0 fully saturated rings. The molecule has 0 spiro atoms. The van der Waals surface area contributed by atoms with Crippen molar-refractivity contribution >= 4 is 23.2 Å². The van der Waals surface area contributed by atoms with Crippen LogP contribution in [0, 0.1) is 23.5 Å². The molecule has 0 radical (unpaired) electrons. The lowest BCUT2D eigenvalue weighted by Gasteiger charge is -2.19. The van der Waals surface area contributed by atoms with Crippen LogP contribution in [0.15, 0.2) is 12.1 Å². The van der Waals surface area contributed by atoms with Gasteiger partial charge in [-0.2, -0.15) is 0 Å². The summed E-state index contributed by atoms with van der Waals surface area (Å²) in [5.74, 6) is -2.58. The molecule has 1 unspecified atom stereocenters. The van der Waals surface area contributed by atoms with Gasteiger partial charge in [-0.1, -0.05) is 25.4 Å².